The summed E-state index contributed by atoms with van der Waals surface area (Å²) in [6.07, 6.45) is 1.85. The maximum Gasteiger partial charge on any atom is 0.213 e. The highest BCUT2D eigenvalue weighted by molar-refractivity contribution is 5.16. The Kier molecular flexibility index (Phi) is 5.26. The third kappa shape index (κ3) is 4.62. The van der Waals surface area contributed by atoms with Gasteiger partial charge in [0.15, 0.2) is 0 Å². The second-order valence-electron chi connectivity index (χ2n) is 4.49. The summed E-state index contributed by atoms with van der Waals surface area (Å²) in [6, 6.07) is 6.03. The first-order valence-corrected chi connectivity index (χ1v) is 5.96. The summed E-state index contributed by atoms with van der Waals surface area (Å²) in [4.78, 5) is 4.41. The summed E-state index contributed by atoms with van der Waals surface area (Å²) in [5.41, 5.74) is 7.06. The first-order chi connectivity index (χ1) is 7.61. The largest absolute Gasteiger partial charge is 0.478 e. The minimum atomic E-state index is 0.185. The van der Waals surface area contributed by atoms with Gasteiger partial charge in [-0.3, -0.25) is 0 Å². The molecular weight excluding hydrogens is 200 g/mol. The van der Waals surface area contributed by atoms with Crippen LogP contribution >= 0.6 is 0 Å². The Labute approximate surface area is 98.0 Å². The molecule has 0 aromatic carbocycles. The molecule has 1 atom stereocenters. The maximum atomic E-state index is 6.05. The van der Waals surface area contributed by atoms with Crippen molar-refractivity contribution in [3.8, 4) is 5.88 Å². The molecule has 0 aliphatic rings. The van der Waals surface area contributed by atoms with Crippen molar-refractivity contribution >= 4 is 0 Å². The van der Waals surface area contributed by atoms with Gasteiger partial charge in [-0.1, -0.05) is 19.9 Å². The number of hydrogen-bond acceptors (Lipinski definition) is 3. The third-order valence-corrected chi connectivity index (χ3v) is 2.32. The van der Waals surface area contributed by atoms with Gasteiger partial charge < -0.3 is 10.5 Å². The molecule has 0 fully saturated rings. The van der Waals surface area contributed by atoms with Crippen molar-refractivity contribution in [2.24, 2.45) is 11.7 Å². The van der Waals surface area contributed by atoms with E-state index in [4.69, 9.17) is 10.5 Å². The Morgan fingerprint density at radius 3 is 2.75 bits per heavy atom. The first kappa shape index (κ1) is 13.0. The zero-order valence-electron chi connectivity index (χ0n) is 10.4. The normalized spacial score (nSPS) is 12.8. The van der Waals surface area contributed by atoms with Gasteiger partial charge in [-0.05, 0) is 25.3 Å². The summed E-state index contributed by atoms with van der Waals surface area (Å²) in [6.45, 7) is 6.97. The molecule has 0 saturated heterocycles. The van der Waals surface area contributed by atoms with Crippen LogP contribution < -0.4 is 10.5 Å². The smallest absolute Gasteiger partial charge is 0.213 e. The number of rotatable bonds is 6. The van der Waals surface area contributed by atoms with E-state index >= 15 is 0 Å². The van der Waals surface area contributed by atoms with E-state index < -0.39 is 0 Å². The molecule has 1 aromatic rings. The van der Waals surface area contributed by atoms with E-state index in [0.29, 0.717) is 18.4 Å². The van der Waals surface area contributed by atoms with Gasteiger partial charge in [0.1, 0.15) is 0 Å². The molecule has 0 saturated carbocycles. The minimum absolute atomic E-state index is 0.185. The predicted molar refractivity (Wildman–Crippen MR) is 66.5 cm³/mol. The van der Waals surface area contributed by atoms with Gasteiger partial charge in [-0.15, -0.1) is 0 Å². The van der Waals surface area contributed by atoms with E-state index in [1.807, 2.05) is 25.1 Å². The number of ether oxygens (including phenoxy) is 1. The lowest BCUT2D eigenvalue weighted by atomic mass is 10.0. The van der Waals surface area contributed by atoms with Crippen molar-refractivity contribution in [2.75, 3.05) is 6.61 Å². The van der Waals surface area contributed by atoms with Crippen LogP contribution in [-0.4, -0.2) is 17.6 Å². The van der Waals surface area contributed by atoms with Gasteiger partial charge in [-0.25, -0.2) is 4.98 Å². The Hall–Kier alpha value is -1.09. The zero-order chi connectivity index (χ0) is 12.0. The maximum absolute atomic E-state index is 6.05. The standard InChI is InChI=1S/C13H22N2O/c1-4-16-13-7-5-6-12(15-13)9-11(14)8-10(2)3/h5-7,10-11H,4,8-9,14H2,1-3H3. The molecule has 3 heteroatoms. The molecule has 0 bridgehead atoms. The van der Waals surface area contributed by atoms with E-state index in [-0.39, 0.29) is 6.04 Å². The molecule has 0 spiro atoms. The fourth-order valence-corrected chi connectivity index (χ4v) is 1.76. The topological polar surface area (TPSA) is 48.1 Å². The molecule has 0 amide bonds. The van der Waals surface area contributed by atoms with E-state index in [1.54, 1.807) is 0 Å². The SMILES string of the molecule is CCOc1cccc(CC(N)CC(C)C)n1. The van der Waals surface area contributed by atoms with Gasteiger partial charge >= 0.3 is 0 Å². The Morgan fingerprint density at radius 2 is 2.12 bits per heavy atom. The van der Waals surface area contributed by atoms with Crippen molar-refractivity contribution in [2.45, 2.75) is 39.7 Å². The molecule has 1 aromatic heterocycles. The highest BCUT2D eigenvalue weighted by Gasteiger charge is 2.08. The third-order valence-electron chi connectivity index (χ3n) is 2.32. The van der Waals surface area contributed by atoms with Crippen LogP contribution in [0.15, 0.2) is 18.2 Å². The molecule has 3 nitrogen and oxygen atoms in total. The monoisotopic (exact) mass is 222 g/mol. The van der Waals surface area contributed by atoms with Crippen LogP contribution in [0, 0.1) is 5.92 Å². The Morgan fingerprint density at radius 1 is 1.38 bits per heavy atom. The van der Waals surface area contributed by atoms with Crippen molar-refractivity contribution in [1.29, 1.82) is 0 Å². The van der Waals surface area contributed by atoms with E-state index in [9.17, 15) is 0 Å². The highest BCUT2D eigenvalue weighted by Crippen LogP contribution is 2.11. The van der Waals surface area contributed by atoms with Gasteiger partial charge in [0.25, 0.3) is 0 Å². The summed E-state index contributed by atoms with van der Waals surface area (Å²) >= 11 is 0. The number of hydrogen-bond donors (Lipinski definition) is 1. The second kappa shape index (κ2) is 6.48. The fraction of sp³-hybridized carbons (Fsp3) is 0.615. The summed E-state index contributed by atoms with van der Waals surface area (Å²) < 4.78 is 5.36. The number of aromatic nitrogens is 1. The lowest BCUT2D eigenvalue weighted by molar-refractivity contribution is 0.325. The lowest BCUT2D eigenvalue weighted by Gasteiger charge is -2.13. The van der Waals surface area contributed by atoms with E-state index in [2.05, 4.69) is 18.8 Å². The fourth-order valence-electron chi connectivity index (χ4n) is 1.76. The van der Waals surface area contributed by atoms with Crippen LogP contribution in [0.1, 0.15) is 32.9 Å². The molecule has 1 rings (SSSR count). The predicted octanol–water partition coefficient (Wildman–Crippen LogP) is 2.40. The van der Waals surface area contributed by atoms with Crippen molar-refractivity contribution in [1.82, 2.24) is 4.98 Å². The summed E-state index contributed by atoms with van der Waals surface area (Å²) in [7, 11) is 0. The molecule has 90 valence electrons. The van der Waals surface area contributed by atoms with Gasteiger partial charge in [0.2, 0.25) is 5.88 Å². The molecule has 0 aliphatic heterocycles. The Bertz CT molecular complexity index is 313. The number of nitrogens with zero attached hydrogens (tertiary/aromatic N) is 1. The van der Waals surface area contributed by atoms with Crippen molar-refractivity contribution < 1.29 is 4.74 Å². The highest BCUT2D eigenvalue weighted by atomic mass is 16.5. The molecule has 0 radical (unpaired) electrons. The minimum Gasteiger partial charge on any atom is -0.478 e. The quantitative estimate of drug-likeness (QED) is 0.804. The van der Waals surface area contributed by atoms with Crippen LogP contribution in [-0.2, 0) is 6.42 Å². The van der Waals surface area contributed by atoms with Crippen LogP contribution in [0.4, 0.5) is 0 Å². The molecule has 0 aliphatic carbocycles. The average molecular weight is 222 g/mol. The van der Waals surface area contributed by atoms with Gasteiger partial charge in [0.05, 0.1) is 6.61 Å². The van der Waals surface area contributed by atoms with Gasteiger partial charge in [0, 0.05) is 24.2 Å². The summed E-state index contributed by atoms with van der Waals surface area (Å²) in [5, 5.41) is 0. The Balaban J connectivity index is 2.55. The van der Waals surface area contributed by atoms with Crippen molar-refractivity contribution in [3.63, 3.8) is 0 Å². The number of nitrogens with two attached hydrogens (primary N) is 1. The van der Waals surface area contributed by atoms with E-state index in [0.717, 1.165) is 18.5 Å². The molecule has 1 unspecified atom stereocenters. The van der Waals surface area contributed by atoms with Crippen LogP contribution in [0.2, 0.25) is 0 Å². The van der Waals surface area contributed by atoms with Gasteiger partial charge in [-0.2, -0.15) is 0 Å². The number of pyridine rings is 1. The molecule has 2 N–H and O–H groups in total. The average Bonchev–Trinajstić information content (AvgIpc) is 2.17. The first-order valence-electron chi connectivity index (χ1n) is 5.96. The second-order valence-corrected chi connectivity index (χ2v) is 4.49. The lowest BCUT2D eigenvalue weighted by Crippen LogP contribution is -2.25. The molecule has 1 heterocycles. The van der Waals surface area contributed by atoms with Crippen LogP contribution in [0.5, 0.6) is 5.88 Å². The summed E-state index contributed by atoms with van der Waals surface area (Å²) in [5.74, 6) is 1.32. The van der Waals surface area contributed by atoms with Crippen LogP contribution in [0.25, 0.3) is 0 Å². The van der Waals surface area contributed by atoms with Crippen molar-refractivity contribution in [3.05, 3.63) is 23.9 Å². The molecular formula is C13H22N2O. The van der Waals surface area contributed by atoms with E-state index in [1.165, 1.54) is 0 Å². The molecule has 16 heavy (non-hydrogen) atoms. The van der Waals surface area contributed by atoms with Crippen LogP contribution in [0.3, 0.4) is 0 Å². The zero-order valence-corrected chi connectivity index (χ0v) is 10.4.